The predicted molar refractivity (Wildman–Crippen MR) is 73.1 cm³/mol. The zero-order valence-electron chi connectivity index (χ0n) is 10.9. The molecule has 0 unspecified atom stereocenters. The average Bonchev–Trinajstić information content (AvgIpc) is 2.82. The van der Waals surface area contributed by atoms with Crippen LogP contribution in [0.4, 0.5) is 5.69 Å². The molecule has 1 aliphatic carbocycles. The number of allylic oxidation sites excluding steroid dienone is 1. The summed E-state index contributed by atoms with van der Waals surface area (Å²) in [6, 6.07) is 10.2. The van der Waals surface area contributed by atoms with Crippen molar-refractivity contribution >= 4 is 11.5 Å². The fourth-order valence-electron chi connectivity index (χ4n) is 2.72. The van der Waals surface area contributed by atoms with Crippen LogP contribution in [-0.2, 0) is 9.53 Å². The summed E-state index contributed by atoms with van der Waals surface area (Å²) in [7, 11) is 0. The summed E-state index contributed by atoms with van der Waals surface area (Å²) in [5, 5.41) is 3.23. The maximum absolute atomic E-state index is 12.1. The number of nitrogens with one attached hydrogen (secondary N) is 2. The summed E-state index contributed by atoms with van der Waals surface area (Å²) >= 11 is 0. The summed E-state index contributed by atoms with van der Waals surface area (Å²) in [5.74, 6) is 0.216. The zero-order chi connectivity index (χ0) is 13.1. The highest BCUT2D eigenvalue weighted by Gasteiger charge is 2.32. The first-order valence-electron chi connectivity index (χ1n) is 6.82. The number of benzene rings is 1. The number of quaternary nitrogens is 1. The van der Waals surface area contributed by atoms with Crippen LogP contribution in [-0.4, -0.2) is 38.1 Å². The summed E-state index contributed by atoms with van der Waals surface area (Å²) in [5.41, 5.74) is 1.72. The first-order chi connectivity index (χ1) is 9.33. The molecule has 1 heterocycles. The minimum Gasteiger partial charge on any atom is -0.370 e. The van der Waals surface area contributed by atoms with Gasteiger partial charge in [-0.2, -0.15) is 0 Å². The van der Waals surface area contributed by atoms with Crippen LogP contribution in [0.3, 0.4) is 0 Å². The predicted octanol–water partition coefficient (Wildman–Crippen LogP) is 0.239. The second-order valence-electron chi connectivity index (χ2n) is 5.08. The number of carbonyl (C=O) groups excluding carboxylic acids is 1. The Morgan fingerprint density at radius 1 is 1.16 bits per heavy atom. The Balaban J connectivity index is 1.69. The van der Waals surface area contributed by atoms with Gasteiger partial charge in [0.15, 0.2) is 5.78 Å². The fourth-order valence-corrected chi connectivity index (χ4v) is 2.72. The molecule has 0 amide bonds. The highest BCUT2D eigenvalue weighted by molar-refractivity contribution is 6.00. The number of rotatable bonds is 3. The van der Waals surface area contributed by atoms with E-state index >= 15 is 0 Å². The number of morpholine rings is 1. The van der Waals surface area contributed by atoms with Gasteiger partial charge in [-0.25, -0.2) is 0 Å². The SMILES string of the molecule is O=C1C[C@@H]([NH+]2CCOCC2)C=C1Nc1ccccc1. The van der Waals surface area contributed by atoms with Crippen molar-refractivity contribution in [2.45, 2.75) is 12.5 Å². The van der Waals surface area contributed by atoms with E-state index < -0.39 is 0 Å². The van der Waals surface area contributed by atoms with Crippen LogP contribution >= 0.6 is 0 Å². The maximum atomic E-state index is 12.1. The lowest BCUT2D eigenvalue weighted by atomic mass is 10.2. The van der Waals surface area contributed by atoms with Crippen LogP contribution in [0.25, 0.3) is 0 Å². The molecule has 19 heavy (non-hydrogen) atoms. The van der Waals surface area contributed by atoms with Crippen LogP contribution in [0.2, 0.25) is 0 Å². The van der Waals surface area contributed by atoms with Crippen molar-refractivity contribution < 1.29 is 14.4 Å². The minimum absolute atomic E-state index is 0.216. The number of anilines is 1. The van der Waals surface area contributed by atoms with Gasteiger partial charge in [0.05, 0.1) is 25.3 Å². The Morgan fingerprint density at radius 3 is 2.63 bits per heavy atom. The molecule has 1 saturated heterocycles. The third kappa shape index (κ3) is 2.85. The van der Waals surface area contributed by atoms with Crippen molar-refractivity contribution in [2.75, 3.05) is 31.6 Å². The Hall–Kier alpha value is -1.65. The van der Waals surface area contributed by atoms with Crippen molar-refractivity contribution in [3.63, 3.8) is 0 Å². The molecule has 1 fully saturated rings. The van der Waals surface area contributed by atoms with Gasteiger partial charge in [0.2, 0.25) is 0 Å². The van der Waals surface area contributed by atoms with Crippen molar-refractivity contribution in [2.24, 2.45) is 0 Å². The second-order valence-corrected chi connectivity index (χ2v) is 5.08. The number of hydrogen-bond donors (Lipinski definition) is 2. The molecule has 2 aliphatic rings. The van der Waals surface area contributed by atoms with Crippen LogP contribution in [0.5, 0.6) is 0 Å². The van der Waals surface area contributed by atoms with E-state index in [1.807, 2.05) is 30.3 Å². The molecular formula is C15H19N2O2+. The highest BCUT2D eigenvalue weighted by atomic mass is 16.5. The Kier molecular flexibility index (Phi) is 3.62. The van der Waals surface area contributed by atoms with E-state index in [1.165, 1.54) is 4.90 Å². The molecule has 100 valence electrons. The third-order valence-corrected chi connectivity index (χ3v) is 3.79. The van der Waals surface area contributed by atoms with E-state index in [1.54, 1.807) is 0 Å². The Morgan fingerprint density at radius 2 is 1.89 bits per heavy atom. The molecule has 1 aromatic rings. The molecule has 0 radical (unpaired) electrons. The summed E-state index contributed by atoms with van der Waals surface area (Å²) in [4.78, 5) is 13.5. The van der Waals surface area contributed by atoms with Gasteiger partial charge in [0.1, 0.15) is 19.1 Å². The van der Waals surface area contributed by atoms with Gasteiger partial charge < -0.3 is 15.0 Å². The molecular weight excluding hydrogens is 240 g/mol. The number of carbonyl (C=O) groups is 1. The quantitative estimate of drug-likeness (QED) is 0.817. The Bertz CT molecular complexity index is 478. The van der Waals surface area contributed by atoms with Gasteiger partial charge in [-0.1, -0.05) is 18.2 Å². The molecule has 0 bridgehead atoms. The van der Waals surface area contributed by atoms with E-state index in [2.05, 4.69) is 11.4 Å². The van der Waals surface area contributed by atoms with Crippen LogP contribution < -0.4 is 10.2 Å². The Labute approximate surface area is 113 Å². The lowest BCUT2D eigenvalue weighted by Gasteiger charge is -2.27. The standard InChI is InChI=1S/C15H18N2O2/c18-15-11-13(17-6-8-19-9-7-17)10-14(15)16-12-4-2-1-3-5-12/h1-5,10,13,16H,6-9,11H2/p+1/t13-/m0/s1. The van der Waals surface area contributed by atoms with E-state index in [9.17, 15) is 4.79 Å². The van der Waals surface area contributed by atoms with Gasteiger partial charge in [-0.3, -0.25) is 4.79 Å². The summed E-state index contributed by atoms with van der Waals surface area (Å²) in [6.45, 7) is 3.59. The summed E-state index contributed by atoms with van der Waals surface area (Å²) in [6.07, 6.45) is 2.71. The molecule has 0 aromatic heterocycles. The smallest absolute Gasteiger partial charge is 0.185 e. The van der Waals surface area contributed by atoms with E-state index in [0.29, 0.717) is 12.5 Å². The number of hydrogen-bond acceptors (Lipinski definition) is 3. The number of para-hydroxylation sites is 1. The van der Waals surface area contributed by atoms with Crippen molar-refractivity contribution in [3.05, 3.63) is 42.1 Å². The summed E-state index contributed by atoms with van der Waals surface area (Å²) < 4.78 is 5.37. The average molecular weight is 259 g/mol. The lowest BCUT2D eigenvalue weighted by Crippen LogP contribution is -3.17. The molecule has 0 saturated carbocycles. The molecule has 3 rings (SSSR count). The fraction of sp³-hybridized carbons (Fsp3) is 0.400. The van der Waals surface area contributed by atoms with Gasteiger partial charge in [-0.05, 0) is 12.1 Å². The van der Waals surface area contributed by atoms with Crippen LogP contribution in [0.1, 0.15) is 6.42 Å². The molecule has 4 heteroatoms. The van der Waals surface area contributed by atoms with Crippen molar-refractivity contribution in [3.8, 4) is 0 Å². The first kappa shape index (κ1) is 12.4. The third-order valence-electron chi connectivity index (χ3n) is 3.79. The number of ether oxygens (including phenoxy) is 1. The number of Topliss-reactive ketones (excluding diaryl/α,β-unsaturated/α-hetero) is 1. The zero-order valence-corrected chi connectivity index (χ0v) is 10.9. The molecule has 1 aliphatic heterocycles. The van der Waals surface area contributed by atoms with E-state index in [0.717, 1.165) is 37.7 Å². The minimum atomic E-state index is 0.216. The van der Waals surface area contributed by atoms with Gasteiger partial charge >= 0.3 is 0 Å². The van der Waals surface area contributed by atoms with Gasteiger partial charge in [0, 0.05) is 11.8 Å². The molecule has 1 aromatic carbocycles. The largest absolute Gasteiger partial charge is 0.370 e. The molecule has 1 atom stereocenters. The molecule has 2 N–H and O–H groups in total. The second kappa shape index (κ2) is 5.55. The number of ketones is 1. The highest BCUT2D eigenvalue weighted by Crippen LogP contribution is 2.17. The monoisotopic (exact) mass is 259 g/mol. The van der Waals surface area contributed by atoms with Gasteiger partial charge in [-0.15, -0.1) is 0 Å². The first-order valence-corrected chi connectivity index (χ1v) is 6.82. The van der Waals surface area contributed by atoms with Crippen molar-refractivity contribution in [1.82, 2.24) is 0 Å². The van der Waals surface area contributed by atoms with E-state index in [-0.39, 0.29) is 5.78 Å². The van der Waals surface area contributed by atoms with Gasteiger partial charge in [0.25, 0.3) is 0 Å². The maximum Gasteiger partial charge on any atom is 0.185 e. The molecule has 0 spiro atoms. The van der Waals surface area contributed by atoms with Crippen LogP contribution in [0.15, 0.2) is 42.1 Å². The lowest BCUT2D eigenvalue weighted by molar-refractivity contribution is -0.925. The van der Waals surface area contributed by atoms with E-state index in [4.69, 9.17) is 4.74 Å². The normalized spacial score (nSPS) is 24.3. The van der Waals surface area contributed by atoms with Crippen molar-refractivity contribution in [1.29, 1.82) is 0 Å². The topological polar surface area (TPSA) is 42.8 Å². The molecule has 4 nitrogen and oxygen atoms in total. The van der Waals surface area contributed by atoms with Crippen LogP contribution in [0, 0.1) is 0 Å².